The summed E-state index contributed by atoms with van der Waals surface area (Å²) in [4.78, 5) is 26.6. The highest BCUT2D eigenvalue weighted by atomic mass is 16.5. The first-order valence-corrected chi connectivity index (χ1v) is 10.1. The van der Waals surface area contributed by atoms with Crippen molar-refractivity contribution in [2.24, 2.45) is 0 Å². The SMILES string of the molecule is CC(=O)N[C@H]1C(=O)N(CCOc2cc(C)ccc2C(C)C)c2c(C)ccc(C)c21. The topological polar surface area (TPSA) is 58.6 Å². The molecule has 0 bridgehead atoms. The Morgan fingerprint density at radius 2 is 1.83 bits per heavy atom. The van der Waals surface area contributed by atoms with Crippen molar-refractivity contribution in [2.45, 2.75) is 53.5 Å². The maximum atomic E-state index is 13.1. The number of hydrogen-bond acceptors (Lipinski definition) is 3. The Balaban J connectivity index is 1.84. The van der Waals surface area contributed by atoms with Gasteiger partial charge in [0.05, 0.1) is 12.2 Å². The van der Waals surface area contributed by atoms with Crippen LogP contribution in [0.25, 0.3) is 0 Å². The molecule has 1 aliphatic rings. The number of benzene rings is 2. The fourth-order valence-corrected chi connectivity index (χ4v) is 3.98. The van der Waals surface area contributed by atoms with Gasteiger partial charge in [-0.1, -0.05) is 38.1 Å². The van der Waals surface area contributed by atoms with E-state index in [4.69, 9.17) is 4.74 Å². The molecule has 154 valence electrons. The highest BCUT2D eigenvalue weighted by Crippen LogP contribution is 2.40. The van der Waals surface area contributed by atoms with E-state index in [0.29, 0.717) is 19.1 Å². The molecule has 0 aromatic heterocycles. The van der Waals surface area contributed by atoms with Crippen molar-refractivity contribution in [3.8, 4) is 5.75 Å². The molecular formula is C24H30N2O3. The lowest BCUT2D eigenvalue weighted by Crippen LogP contribution is -2.38. The normalized spacial score (nSPS) is 15.6. The molecule has 1 N–H and O–H groups in total. The maximum Gasteiger partial charge on any atom is 0.254 e. The molecule has 2 aromatic rings. The summed E-state index contributed by atoms with van der Waals surface area (Å²) in [5, 5.41) is 2.81. The Bertz CT molecular complexity index is 949. The predicted molar refractivity (Wildman–Crippen MR) is 116 cm³/mol. The van der Waals surface area contributed by atoms with Gasteiger partial charge in [-0.25, -0.2) is 0 Å². The van der Waals surface area contributed by atoms with Gasteiger partial charge in [-0.3, -0.25) is 9.59 Å². The van der Waals surface area contributed by atoms with E-state index in [0.717, 1.165) is 39.3 Å². The number of rotatable bonds is 6. The van der Waals surface area contributed by atoms with Gasteiger partial charge in [0.15, 0.2) is 0 Å². The molecule has 0 saturated heterocycles. The minimum absolute atomic E-state index is 0.107. The van der Waals surface area contributed by atoms with E-state index in [1.165, 1.54) is 6.92 Å². The molecular weight excluding hydrogens is 364 g/mol. The number of anilines is 1. The second kappa shape index (κ2) is 8.27. The molecule has 0 radical (unpaired) electrons. The second-order valence-electron chi connectivity index (χ2n) is 8.13. The van der Waals surface area contributed by atoms with Crippen molar-refractivity contribution in [1.29, 1.82) is 0 Å². The number of nitrogens with one attached hydrogen (secondary N) is 1. The number of amides is 2. The molecule has 0 fully saturated rings. The van der Waals surface area contributed by atoms with E-state index in [-0.39, 0.29) is 11.8 Å². The first-order valence-electron chi connectivity index (χ1n) is 10.1. The van der Waals surface area contributed by atoms with Crippen LogP contribution < -0.4 is 15.0 Å². The van der Waals surface area contributed by atoms with E-state index in [2.05, 4.69) is 31.3 Å². The van der Waals surface area contributed by atoms with Crippen LogP contribution in [-0.4, -0.2) is 25.0 Å². The van der Waals surface area contributed by atoms with Gasteiger partial charge < -0.3 is 15.0 Å². The minimum atomic E-state index is -0.632. The van der Waals surface area contributed by atoms with Crippen LogP contribution in [0.2, 0.25) is 0 Å². The molecule has 1 aliphatic heterocycles. The van der Waals surface area contributed by atoms with Crippen molar-refractivity contribution >= 4 is 17.5 Å². The van der Waals surface area contributed by atoms with Gasteiger partial charge in [-0.15, -0.1) is 0 Å². The molecule has 5 heteroatoms. The quantitative estimate of drug-likeness (QED) is 0.793. The molecule has 3 rings (SSSR count). The summed E-state index contributed by atoms with van der Waals surface area (Å²) in [6.07, 6.45) is 0. The van der Waals surface area contributed by atoms with Crippen LogP contribution in [0.4, 0.5) is 5.69 Å². The Kier molecular flexibility index (Phi) is 5.96. The number of aryl methyl sites for hydroxylation is 3. The molecule has 0 aliphatic carbocycles. The zero-order valence-corrected chi connectivity index (χ0v) is 18.1. The lowest BCUT2D eigenvalue weighted by Gasteiger charge is -2.21. The summed E-state index contributed by atoms with van der Waals surface area (Å²) in [6.45, 7) is 12.5. The fourth-order valence-electron chi connectivity index (χ4n) is 3.98. The number of carbonyl (C=O) groups is 2. The molecule has 0 spiro atoms. The second-order valence-corrected chi connectivity index (χ2v) is 8.13. The summed E-state index contributed by atoms with van der Waals surface area (Å²) < 4.78 is 6.11. The molecule has 0 unspecified atom stereocenters. The van der Waals surface area contributed by atoms with Crippen LogP contribution in [0.15, 0.2) is 30.3 Å². The number of hydrogen-bond donors (Lipinski definition) is 1. The first kappa shape index (κ1) is 20.9. The average molecular weight is 395 g/mol. The van der Waals surface area contributed by atoms with Crippen molar-refractivity contribution < 1.29 is 14.3 Å². The summed E-state index contributed by atoms with van der Waals surface area (Å²) >= 11 is 0. The Morgan fingerprint density at radius 1 is 1.14 bits per heavy atom. The number of nitrogens with zero attached hydrogens (tertiary/aromatic N) is 1. The monoisotopic (exact) mass is 394 g/mol. The lowest BCUT2D eigenvalue weighted by atomic mass is 9.99. The van der Waals surface area contributed by atoms with Gasteiger partial charge in [-0.2, -0.15) is 0 Å². The van der Waals surface area contributed by atoms with Gasteiger partial charge in [-0.05, 0) is 55.0 Å². The fraction of sp³-hybridized carbons (Fsp3) is 0.417. The van der Waals surface area contributed by atoms with Crippen molar-refractivity contribution in [1.82, 2.24) is 5.32 Å². The van der Waals surface area contributed by atoms with Crippen LogP contribution in [0.5, 0.6) is 5.75 Å². The Hall–Kier alpha value is -2.82. The molecule has 2 amide bonds. The number of fused-ring (bicyclic) bond motifs is 1. The summed E-state index contributed by atoms with van der Waals surface area (Å²) in [5.74, 6) is 0.902. The highest BCUT2D eigenvalue weighted by Gasteiger charge is 2.39. The first-order chi connectivity index (χ1) is 13.7. The van der Waals surface area contributed by atoms with E-state index in [9.17, 15) is 9.59 Å². The van der Waals surface area contributed by atoms with E-state index in [1.54, 1.807) is 4.90 Å². The third-order valence-corrected chi connectivity index (χ3v) is 5.42. The van der Waals surface area contributed by atoms with Crippen LogP contribution in [-0.2, 0) is 9.59 Å². The van der Waals surface area contributed by atoms with Crippen LogP contribution in [0.3, 0.4) is 0 Å². The molecule has 1 heterocycles. The third kappa shape index (κ3) is 4.14. The zero-order valence-electron chi connectivity index (χ0n) is 18.1. The maximum absolute atomic E-state index is 13.1. The smallest absolute Gasteiger partial charge is 0.254 e. The number of carbonyl (C=O) groups excluding carboxylic acids is 2. The van der Waals surface area contributed by atoms with Crippen LogP contribution >= 0.6 is 0 Å². The van der Waals surface area contributed by atoms with Gasteiger partial charge >= 0.3 is 0 Å². The predicted octanol–water partition coefficient (Wildman–Crippen LogP) is 4.34. The van der Waals surface area contributed by atoms with Crippen molar-refractivity contribution in [3.05, 3.63) is 58.1 Å². The van der Waals surface area contributed by atoms with E-state index >= 15 is 0 Å². The average Bonchev–Trinajstić information content (AvgIpc) is 2.91. The van der Waals surface area contributed by atoms with Gasteiger partial charge in [0, 0.05) is 12.5 Å². The Morgan fingerprint density at radius 3 is 2.48 bits per heavy atom. The molecule has 1 atom stereocenters. The Labute approximate surface area is 173 Å². The summed E-state index contributed by atoms with van der Waals surface area (Å²) in [6, 6.07) is 9.62. The van der Waals surface area contributed by atoms with Gasteiger partial charge in [0.25, 0.3) is 5.91 Å². The van der Waals surface area contributed by atoms with E-state index in [1.807, 2.05) is 39.0 Å². The number of ether oxygens (including phenoxy) is 1. The molecule has 29 heavy (non-hydrogen) atoms. The largest absolute Gasteiger partial charge is 0.491 e. The van der Waals surface area contributed by atoms with Crippen LogP contribution in [0, 0.1) is 20.8 Å². The summed E-state index contributed by atoms with van der Waals surface area (Å²) in [7, 11) is 0. The third-order valence-electron chi connectivity index (χ3n) is 5.42. The van der Waals surface area contributed by atoms with E-state index < -0.39 is 6.04 Å². The van der Waals surface area contributed by atoms with Crippen molar-refractivity contribution in [2.75, 3.05) is 18.1 Å². The minimum Gasteiger partial charge on any atom is -0.491 e. The van der Waals surface area contributed by atoms with Crippen LogP contribution in [0.1, 0.15) is 60.5 Å². The molecule has 0 saturated carbocycles. The van der Waals surface area contributed by atoms with Gasteiger partial charge in [0.1, 0.15) is 18.4 Å². The molecule has 2 aromatic carbocycles. The molecule has 5 nitrogen and oxygen atoms in total. The lowest BCUT2D eigenvalue weighted by molar-refractivity contribution is -0.126. The summed E-state index contributed by atoms with van der Waals surface area (Å²) in [5.41, 5.74) is 6.11. The van der Waals surface area contributed by atoms with Gasteiger partial charge in [0.2, 0.25) is 5.91 Å². The highest BCUT2D eigenvalue weighted by molar-refractivity contribution is 6.07. The van der Waals surface area contributed by atoms with Crippen molar-refractivity contribution in [3.63, 3.8) is 0 Å². The zero-order chi connectivity index (χ0) is 21.3. The standard InChI is InChI=1S/C24H30N2O3/c1-14(2)19-10-7-15(3)13-20(19)29-12-11-26-23-17(5)9-8-16(4)21(23)22(24(26)28)25-18(6)27/h7-10,13-14,22H,11-12H2,1-6H3,(H,25,27)/t22-/m1/s1.